The predicted octanol–water partition coefficient (Wildman–Crippen LogP) is 1.71. The highest BCUT2D eigenvalue weighted by atomic mass is 35.5. The van der Waals surface area contributed by atoms with Gasteiger partial charge in [-0.25, -0.2) is 0 Å². The Labute approximate surface area is 95.6 Å². The fourth-order valence-electron chi connectivity index (χ4n) is 1.11. The summed E-state index contributed by atoms with van der Waals surface area (Å²) < 4.78 is 50.8. The Morgan fingerprint density at radius 3 is 1.94 bits per heavy atom. The number of esters is 1. The maximum Gasteiger partial charge on any atom is 0.444 e. The maximum absolute atomic E-state index is 12.7. The normalized spacial score (nSPS) is 14.7. The van der Waals surface area contributed by atoms with E-state index in [9.17, 15) is 18.0 Å². The van der Waals surface area contributed by atoms with Crippen LogP contribution in [-0.2, 0) is 19.0 Å². The van der Waals surface area contributed by atoms with Crippen molar-refractivity contribution in [3.8, 4) is 0 Å². The molecule has 0 heterocycles. The van der Waals surface area contributed by atoms with Crippen molar-refractivity contribution in [2.24, 2.45) is 0 Å². The van der Waals surface area contributed by atoms with Crippen molar-refractivity contribution < 1.29 is 32.2 Å². The summed E-state index contributed by atoms with van der Waals surface area (Å²) >= 11 is 5.49. The van der Waals surface area contributed by atoms with E-state index in [0.717, 1.165) is 21.3 Å². The molecule has 0 bridgehead atoms. The van der Waals surface area contributed by atoms with Gasteiger partial charge in [-0.1, -0.05) is 0 Å². The monoisotopic (exact) mass is 264 g/mol. The van der Waals surface area contributed by atoms with E-state index in [-0.39, 0.29) is 0 Å². The third-order valence-corrected chi connectivity index (χ3v) is 2.43. The molecule has 0 radical (unpaired) electrons. The van der Waals surface area contributed by atoms with Gasteiger partial charge in [-0.05, 0) is 0 Å². The first-order chi connectivity index (χ1) is 7.25. The smallest absolute Gasteiger partial charge is 0.444 e. The van der Waals surface area contributed by atoms with Gasteiger partial charge in [0.1, 0.15) is 5.38 Å². The van der Waals surface area contributed by atoms with Crippen molar-refractivity contribution in [3.05, 3.63) is 0 Å². The Bertz CT molecular complexity index is 240. The van der Waals surface area contributed by atoms with Crippen molar-refractivity contribution in [2.75, 3.05) is 21.3 Å². The van der Waals surface area contributed by atoms with E-state index in [1.54, 1.807) is 0 Å². The molecular weight excluding hydrogens is 253 g/mol. The van der Waals surface area contributed by atoms with Crippen LogP contribution in [0.15, 0.2) is 0 Å². The van der Waals surface area contributed by atoms with Crippen LogP contribution < -0.4 is 0 Å². The number of methoxy groups -OCH3 is 3. The van der Waals surface area contributed by atoms with Crippen molar-refractivity contribution >= 4 is 17.6 Å². The topological polar surface area (TPSA) is 44.8 Å². The predicted molar refractivity (Wildman–Crippen MR) is 49.1 cm³/mol. The summed E-state index contributed by atoms with van der Waals surface area (Å²) in [5, 5.41) is -1.74. The number of halogens is 4. The molecule has 0 saturated heterocycles. The Kier molecular flexibility index (Phi) is 5.51. The van der Waals surface area contributed by atoms with Crippen LogP contribution in [0.4, 0.5) is 13.2 Å². The van der Waals surface area contributed by atoms with Crippen molar-refractivity contribution in [3.63, 3.8) is 0 Å². The molecule has 96 valence electrons. The molecule has 1 unspecified atom stereocenters. The molecular formula is C8H12ClF3O4. The lowest BCUT2D eigenvalue weighted by Crippen LogP contribution is -2.56. The second-order valence-corrected chi connectivity index (χ2v) is 3.35. The van der Waals surface area contributed by atoms with Crippen molar-refractivity contribution in [2.45, 2.75) is 23.8 Å². The number of ether oxygens (including phenoxy) is 3. The van der Waals surface area contributed by atoms with E-state index in [1.807, 2.05) is 0 Å². The number of hydrogen-bond acceptors (Lipinski definition) is 4. The number of rotatable bonds is 5. The molecule has 0 aromatic carbocycles. The van der Waals surface area contributed by atoms with Crippen molar-refractivity contribution in [1.29, 1.82) is 0 Å². The van der Waals surface area contributed by atoms with Crippen LogP contribution in [0.3, 0.4) is 0 Å². The van der Waals surface area contributed by atoms with Crippen LogP contribution in [-0.4, -0.2) is 44.6 Å². The summed E-state index contributed by atoms with van der Waals surface area (Å²) in [6, 6.07) is 0. The third kappa shape index (κ3) is 2.99. The van der Waals surface area contributed by atoms with E-state index >= 15 is 0 Å². The van der Waals surface area contributed by atoms with Crippen LogP contribution >= 0.6 is 11.6 Å². The second kappa shape index (κ2) is 5.70. The van der Waals surface area contributed by atoms with Gasteiger partial charge in [0, 0.05) is 14.2 Å². The minimum absolute atomic E-state index is 0.681. The molecule has 0 spiro atoms. The van der Waals surface area contributed by atoms with Gasteiger partial charge in [-0.2, -0.15) is 13.2 Å². The summed E-state index contributed by atoms with van der Waals surface area (Å²) in [6.45, 7) is 0. The zero-order chi connectivity index (χ0) is 13.0. The van der Waals surface area contributed by atoms with Gasteiger partial charge in [-0.3, -0.25) is 4.79 Å². The summed E-state index contributed by atoms with van der Waals surface area (Å²) in [7, 11) is 2.63. The maximum atomic E-state index is 12.7. The van der Waals surface area contributed by atoms with E-state index < -0.39 is 29.7 Å². The summed E-state index contributed by atoms with van der Waals surface area (Å²) in [6.07, 6.45) is -5.55. The van der Waals surface area contributed by atoms with Crippen molar-refractivity contribution in [1.82, 2.24) is 0 Å². The molecule has 0 fully saturated rings. The minimum Gasteiger partial charge on any atom is -0.469 e. The van der Waals surface area contributed by atoms with Gasteiger partial charge in [0.25, 0.3) is 5.79 Å². The fourth-order valence-corrected chi connectivity index (χ4v) is 1.54. The number of hydrogen-bond donors (Lipinski definition) is 0. The molecule has 0 aliphatic rings. The Hall–Kier alpha value is -0.530. The van der Waals surface area contributed by atoms with Gasteiger partial charge < -0.3 is 14.2 Å². The highest BCUT2D eigenvalue weighted by Crippen LogP contribution is 2.40. The molecule has 0 N–H and O–H groups in total. The van der Waals surface area contributed by atoms with Crippen LogP contribution in [0.5, 0.6) is 0 Å². The van der Waals surface area contributed by atoms with E-state index in [1.165, 1.54) is 0 Å². The molecule has 1 atom stereocenters. The van der Waals surface area contributed by atoms with Crippen LogP contribution in [0.1, 0.15) is 6.42 Å². The lowest BCUT2D eigenvalue weighted by atomic mass is 10.1. The molecule has 0 rings (SSSR count). The zero-order valence-corrected chi connectivity index (χ0v) is 9.69. The number of carbonyl (C=O) groups is 1. The molecule has 4 nitrogen and oxygen atoms in total. The Morgan fingerprint density at radius 1 is 1.25 bits per heavy atom. The Morgan fingerprint density at radius 2 is 1.69 bits per heavy atom. The Balaban J connectivity index is 4.98. The standard InChI is InChI=1S/C8H12ClF3O4/c1-14-6(13)4-5(9)7(15-2,16-3)8(10,11)12/h5H,4H2,1-3H3. The molecule has 0 saturated carbocycles. The largest absolute Gasteiger partial charge is 0.469 e. The van der Waals surface area contributed by atoms with Crippen LogP contribution in [0.2, 0.25) is 0 Å². The molecule has 0 amide bonds. The van der Waals surface area contributed by atoms with Gasteiger partial charge >= 0.3 is 12.1 Å². The average Bonchev–Trinajstić information content (AvgIpc) is 2.18. The molecule has 0 aliphatic heterocycles. The first-order valence-corrected chi connectivity index (χ1v) is 4.56. The summed E-state index contributed by atoms with van der Waals surface area (Å²) in [5.74, 6) is -3.91. The zero-order valence-electron chi connectivity index (χ0n) is 8.93. The summed E-state index contributed by atoms with van der Waals surface area (Å²) in [5.41, 5.74) is 0. The highest BCUT2D eigenvalue weighted by molar-refractivity contribution is 6.22. The van der Waals surface area contributed by atoms with E-state index in [0.29, 0.717) is 0 Å². The summed E-state index contributed by atoms with van der Waals surface area (Å²) in [4.78, 5) is 10.8. The molecule has 8 heteroatoms. The molecule has 0 aromatic rings. The lowest BCUT2D eigenvalue weighted by Gasteiger charge is -2.35. The number of carbonyl (C=O) groups excluding carboxylic acids is 1. The molecule has 0 aromatic heterocycles. The molecule has 16 heavy (non-hydrogen) atoms. The van der Waals surface area contributed by atoms with E-state index in [2.05, 4.69) is 14.2 Å². The molecule has 0 aliphatic carbocycles. The number of alkyl halides is 4. The third-order valence-electron chi connectivity index (χ3n) is 1.99. The lowest BCUT2D eigenvalue weighted by molar-refractivity contribution is -0.366. The van der Waals surface area contributed by atoms with Gasteiger partial charge in [0.15, 0.2) is 0 Å². The van der Waals surface area contributed by atoms with Gasteiger partial charge in [-0.15, -0.1) is 11.6 Å². The van der Waals surface area contributed by atoms with Gasteiger partial charge in [0.05, 0.1) is 13.5 Å². The van der Waals surface area contributed by atoms with Crippen LogP contribution in [0, 0.1) is 0 Å². The first kappa shape index (κ1) is 15.5. The first-order valence-electron chi connectivity index (χ1n) is 4.13. The highest BCUT2D eigenvalue weighted by Gasteiger charge is 2.61. The quantitative estimate of drug-likeness (QED) is 0.431. The van der Waals surface area contributed by atoms with Gasteiger partial charge in [0.2, 0.25) is 0 Å². The SMILES string of the molecule is COC(=O)CC(Cl)C(OC)(OC)C(F)(F)F. The van der Waals surface area contributed by atoms with Crippen LogP contribution in [0.25, 0.3) is 0 Å². The minimum atomic E-state index is -4.86. The second-order valence-electron chi connectivity index (χ2n) is 2.82. The fraction of sp³-hybridized carbons (Fsp3) is 0.875. The average molecular weight is 265 g/mol. The van der Waals surface area contributed by atoms with E-state index in [4.69, 9.17) is 11.6 Å².